The summed E-state index contributed by atoms with van der Waals surface area (Å²) in [7, 11) is -8.00. The molecule has 2 atom stereocenters. The first-order valence-electron chi connectivity index (χ1n) is 12.5. The maximum atomic E-state index is 12.8. The molecule has 3 N–H and O–H groups in total. The Morgan fingerprint density at radius 2 is 1.74 bits per heavy atom. The molecule has 210 valence electrons. The quantitative estimate of drug-likeness (QED) is 0.362. The van der Waals surface area contributed by atoms with Crippen LogP contribution in [0.1, 0.15) is 45.6 Å². The van der Waals surface area contributed by atoms with Crippen molar-refractivity contribution in [3.8, 4) is 0 Å². The van der Waals surface area contributed by atoms with E-state index in [1.54, 1.807) is 0 Å². The lowest BCUT2D eigenvalue weighted by Gasteiger charge is -2.39. The highest BCUT2D eigenvalue weighted by molar-refractivity contribution is 7.92. The molecule has 1 amide bonds. The number of nitrogens with two attached hydrogens (primary N) is 1. The number of sulfonamides is 2. The van der Waals surface area contributed by atoms with Crippen molar-refractivity contribution in [2.24, 2.45) is 16.0 Å². The smallest absolute Gasteiger partial charge is 0.331 e. The van der Waals surface area contributed by atoms with Gasteiger partial charge in [-0.15, -0.1) is 0 Å². The number of primary sulfonamides is 1. The van der Waals surface area contributed by atoms with Crippen LogP contribution in [0, 0.1) is 10.8 Å². The number of rotatable bonds is 8. The number of esters is 1. The summed E-state index contributed by atoms with van der Waals surface area (Å²) in [6.45, 7) is 7.01. The summed E-state index contributed by atoms with van der Waals surface area (Å²) in [5.41, 5.74) is 0.849. The molecular formula is C27H33N3O7S2. The second kappa shape index (κ2) is 10.4. The van der Waals surface area contributed by atoms with Crippen LogP contribution in [-0.2, 0) is 34.4 Å². The van der Waals surface area contributed by atoms with Gasteiger partial charge in [0.1, 0.15) is 0 Å². The van der Waals surface area contributed by atoms with Gasteiger partial charge in [0.2, 0.25) is 10.0 Å². The highest BCUT2D eigenvalue weighted by Gasteiger charge is 2.50. The third kappa shape index (κ3) is 7.06. The summed E-state index contributed by atoms with van der Waals surface area (Å²) >= 11 is 0. The minimum Gasteiger partial charge on any atom is -0.452 e. The van der Waals surface area contributed by atoms with Gasteiger partial charge in [-0.25, -0.2) is 26.8 Å². The van der Waals surface area contributed by atoms with E-state index in [0.717, 1.165) is 25.3 Å². The molecule has 1 aliphatic carbocycles. The Labute approximate surface area is 229 Å². The summed E-state index contributed by atoms with van der Waals surface area (Å²) in [6.07, 6.45) is 5.61. The molecule has 0 aromatic heterocycles. The molecule has 1 aliphatic heterocycles. The van der Waals surface area contributed by atoms with Crippen LogP contribution in [0.4, 0.5) is 5.69 Å². The molecule has 0 spiro atoms. The molecule has 2 aromatic rings. The molecule has 1 saturated heterocycles. The van der Waals surface area contributed by atoms with Crippen LogP contribution in [0.5, 0.6) is 0 Å². The van der Waals surface area contributed by atoms with Gasteiger partial charge in [0.25, 0.3) is 15.9 Å². The van der Waals surface area contributed by atoms with Crippen molar-refractivity contribution in [1.29, 1.82) is 0 Å². The highest BCUT2D eigenvalue weighted by Crippen LogP contribution is 2.52. The lowest BCUT2D eigenvalue weighted by Crippen LogP contribution is -2.39. The van der Waals surface area contributed by atoms with Gasteiger partial charge in [-0.3, -0.25) is 9.52 Å². The lowest BCUT2D eigenvalue weighted by molar-refractivity contribution is -0.148. The molecule has 39 heavy (non-hydrogen) atoms. The van der Waals surface area contributed by atoms with E-state index in [9.17, 15) is 26.4 Å². The number of ether oxygens (including phenoxy) is 1. The zero-order valence-electron chi connectivity index (χ0n) is 22.1. The maximum absolute atomic E-state index is 12.8. The molecule has 2 unspecified atom stereocenters. The first-order chi connectivity index (χ1) is 18.1. The van der Waals surface area contributed by atoms with E-state index in [0.29, 0.717) is 12.1 Å². The van der Waals surface area contributed by atoms with Gasteiger partial charge >= 0.3 is 5.97 Å². The molecular weight excluding hydrogens is 542 g/mol. The number of nitrogens with one attached hydrogen (secondary N) is 1. The largest absolute Gasteiger partial charge is 0.452 e. The standard InChI is InChI=1S/C27H33N3O7S2/c1-26(2)14-21-15-27(3,17-26)18-30(21)24(31)16-37-25(32)12-9-19-7-10-22(11-8-19)39(35,36)29-20-5-4-6-23(13-20)38(28,33)34/h4-13,21,29H,14-18H2,1-3H3,(H2,28,33,34). The molecule has 2 aliphatic rings. The molecule has 1 saturated carbocycles. The first kappa shape index (κ1) is 28.8. The summed E-state index contributed by atoms with van der Waals surface area (Å²) in [5, 5.41) is 5.10. The molecule has 1 heterocycles. The van der Waals surface area contributed by atoms with Crippen molar-refractivity contribution in [2.45, 2.75) is 55.9 Å². The molecule has 4 rings (SSSR count). The van der Waals surface area contributed by atoms with Crippen molar-refractivity contribution in [2.75, 3.05) is 17.9 Å². The minimum atomic E-state index is -4.01. The van der Waals surface area contributed by atoms with Crippen LogP contribution in [0.2, 0.25) is 0 Å². The Balaban J connectivity index is 1.32. The number of benzene rings is 2. The van der Waals surface area contributed by atoms with Crippen molar-refractivity contribution >= 4 is 43.7 Å². The number of fused-ring (bicyclic) bond motifs is 2. The van der Waals surface area contributed by atoms with Crippen LogP contribution in [0.15, 0.2) is 64.4 Å². The van der Waals surface area contributed by atoms with E-state index in [4.69, 9.17) is 9.88 Å². The zero-order chi connectivity index (χ0) is 28.6. The lowest BCUT2D eigenvalue weighted by atomic mass is 9.65. The fraction of sp³-hybridized carbons (Fsp3) is 0.407. The monoisotopic (exact) mass is 575 g/mol. The van der Waals surface area contributed by atoms with Crippen molar-refractivity contribution in [3.05, 3.63) is 60.2 Å². The third-order valence-electron chi connectivity index (χ3n) is 7.09. The molecule has 2 fully saturated rings. The predicted octanol–water partition coefficient (Wildman–Crippen LogP) is 3.12. The van der Waals surface area contributed by atoms with Gasteiger partial charge in [-0.05, 0) is 72.1 Å². The van der Waals surface area contributed by atoms with Crippen LogP contribution in [0.3, 0.4) is 0 Å². The second-order valence-corrected chi connectivity index (χ2v) is 14.7. The predicted molar refractivity (Wildman–Crippen MR) is 146 cm³/mol. The van der Waals surface area contributed by atoms with Crippen molar-refractivity contribution in [1.82, 2.24) is 4.90 Å². The molecule has 2 aromatic carbocycles. The van der Waals surface area contributed by atoms with E-state index >= 15 is 0 Å². The fourth-order valence-electron chi connectivity index (χ4n) is 5.89. The Morgan fingerprint density at radius 3 is 2.41 bits per heavy atom. The average Bonchev–Trinajstić information content (AvgIpc) is 3.09. The topological polar surface area (TPSA) is 153 Å². The number of amides is 1. The number of hydrogen-bond donors (Lipinski definition) is 2. The van der Waals surface area contributed by atoms with E-state index in [2.05, 4.69) is 25.5 Å². The first-order valence-corrected chi connectivity index (χ1v) is 15.5. The zero-order valence-corrected chi connectivity index (χ0v) is 23.7. The van der Waals surface area contributed by atoms with Gasteiger partial charge in [-0.1, -0.05) is 39.0 Å². The number of anilines is 1. The van der Waals surface area contributed by atoms with E-state index in [1.165, 1.54) is 54.6 Å². The summed E-state index contributed by atoms with van der Waals surface area (Å²) in [5.74, 6) is -0.870. The van der Waals surface area contributed by atoms with Crippen molar-refractivity contribution in [3.63, 3.8) is 0 Å². The Bertz CT molecular complexity index is 1520. The Morgan fingerprint density at radius 1 is 1.05 bits per heavy atom. The van der Waals surface area contributed by atoms with Crippen molar-refractivity contribution < 1.29 is 31.2 Å². The number of carbonyl (C=O) groups excluding carboxylic acids is 2. The van der Waals surface area contributed by atoms with Gasteiger partial charge in [0.15, 0.2) is 6.61 Å². The molecule has 2 bridgehead atoms. The Hall–Kier alpha value is -3.22. The summed E-state index contributed by atoms with van der Waals surface area (Å²) in [6, 6.07) is 11.0. The van der Waals surface area contributed by atoms with Gasteiger partial charge < -0.3 is 9.64 Å². The van der Waals surface area contributed by atoms with E-state index in [1.807, 2.05) is 4.90 Å². The second-order valence-electron chi connectivity index (χ2n) is 11.4. The Kier molecular flexibility index (Phi) is 7.67. The normalized spacial score (nSPS) is 22.6. The summed E-state index contributed by atoms with van der Waals surface area (Å²) in [4.78, 5) is 26.6. The fourth-order valence-corrected chi connectivity index (χ4v) is 7.50. The van der Waals surface area contributed by atoms with Gasteiger partial charge in [-0.2, -0.15) is 0 Å². The van der Waals surface area contributed by atoms with E-state index < -0.39 is 26.0 Å². The minimum absolute atomic E-state index is 0.0398. The third-order valence-corrected chi connectivity index (χ3v) is 9.40. The van der Waals surface area contributed by atoms with Crippen LogP contribution in [0.25, 0.3) is 6.08 Å². The highest BCUT2D eigenvalue weighted by atomic mass is 32.2. The summed E-state index contributed by atoms with van der Waals surface area (Å²) < 4.78 is 55.9. The van der Waals surface area contributed by atoms with Gasteiger partial charge in [0.05, 0.1) is 15.5 Å². The average molecular weight is 576 g/mol. The number of likely N-dealkylation sites (tertiary alicyclic amines) is 1. The van der Waals surface area contributed by atoms with Crippen LogP contribution >= 0.6 is 0 Å². The molecule has 12 heteroatoms. The number of carbonyl (C=O) groups is 2. The SMILES string of the molecule is CC1(C)CC2CC(C)(CN2C(=O)COC(=O)C=Cc2ccc(S(=O)(=O)Nc3cccc(S(N)(=O)=O)c3)cc2)C1. The molecule has 0 radical (unpaired) electrons. The van der Waals surface area contributed by atoms with Gasteiger partial charge in [0, 0.05) is 18.7 Å². The number of hydrogen-bond acceptors (Lipinski definition) is 7. The molecule has 10 nitrogen and oxygen atoms in total. The van der Waals surface area contributed by atoms with Crippen LogP contribution < -0.4 is 9.86 Å². The maximum Gasteiger partial charge on any atom is 0.331 e. The van der Waals surface area contributed by atoms with E-state index in [-0.39, 0.29) is 44.9 Å². The number of nitrogens with zero attached hydrogens (tertiary/aromatic N) is 1. The van der Waals surface area contributed by atoms with Crippen LogP contribution in [-0.4, -0.2) is 52.8 Å².